The molecule has 116 valence electrons. The molecule has 0 saturated carbocycles. The summed E-state index contributed by atoms with van der Waals surface area (Å²) < 4.78 is 11.6. The van der Waals surface area contributed by atoms with E-state index in [-0.39, 0.29) is 6.10 Å². The minimum Gasteiger partial charge on any atom is -0.489 e. The van der Waals surface area contributed by atoms with Crippen molar-refractivity contribution in [3.05, 3.63) is 59.7 Å². The highest BCUT2D eigenvalue weighted by molar-refractivity contribution is 5.56. The van der Waals surface area contributed by atoms with E-state index in [0.29, 0.717) is 6.61 Å². The Morgan fingerprint density at radius 3 is 2.73 bits per heavy atom. The van der Waals surface area contributed by atoms with Crippen LogP contribution in [0.4, 0.5) is 5.69 Å². The Bertz CT molecular complexity index is 589. The Morgan fingerprint density at radius 1 is 1.14 bits per heavy atom. The number of rotatable bonds is 6. The Hall–Kier alpha value is -2.00. The lowest BCUT2D eigenvalue weighted by atomic mass is 10.1. The van der Waals surface area contributed by atoms with Gasteiger partial charge in [0.25, 0.3) is 0 Å². The van der Waals surface area contributed by atoms with Crippen molar-refractivity contribution in [3.63, 3.8) is 0 Å². The summed E-state index contributed by atoms with van der Waals surface area (Å²) in [5, 5.41) is 3.46. The molecule has 1 heterocycles. The number of anilines is 1. The number of hydrogen-bond acceptors (Lipinski definition) is 3. The molecule has 3 heteroatoms. The van der Waals surface area contributed by atoms with Gasteiger partial charge in [0, 0.05) is 13.2 Å². The highest BCUT2D eigenvalue weighted by Gasteiger charge is 2.16. The fourth-order valence-corrected chi connectivity index (χ4v) is 2.60. The molecule has 2 aromatic rings. The minimum atomic E-state index is 0.241. The average Bonchev–Trinajstić information content (AvgIpc) is 3.07. The van der Waals surface area contributed by atoms with Gasteiger partial charge in [-0.25, -0.2) is 0 Å². The molecule has 0 bridgehead atoms. The van der Waals surface area contributed by atoms with E-state index in [2.05, 4.69) is 42.6 Å². The summed E-state index contributed by atoms with van der Waals surface area (Å²) in [4.78, 5) is 0. The highest BCUT2D eigenvalue weighted by Crippen LogP contribution is 2.25. The van der Waals surface area contributed by atoms with Crippen molar-refractivity contribution < 1.29 is 9.47 Å². The van der Waals surface area contributed by atoms with Gasteiger partial charge in [0.2, 0.25) is 0 Å². The standard InChI is InChI=1S/C19H23NO2/c1-15-8-10-16(11-9-15)13-20-18-6-2-3-7-19(18)22-14-17-5-4-12-21-17/h2-3,6-11,17,20H,4-5,12-14H2,1H3. The van der Waals surface area contributed by atoms with Gasteiger partial charge in [0.15, 0.2) is 0 Å². The van der Waals surface area contributed by atoms with Gasteiger partial charge in [0.05, 0.1) is 11.8 Å². The van der Waals surface area contributed by atoms with E-state index in [4.69, 9.17) is 9.47 Å². The Balaban J connectivity index is 1.59. The highest BCUT2D eigenvalue weighted by atomic mass is 16.5. The van der Waals surface area contributed by atoms with Crippen molar-refractivity contribution in [2.45, 2.75) is 32.4 Å². The van der Waals surface area contributed by atoms with Crippen molar-refractivity contribution in [2.75, 3.05) is 18.5 Å². The van der Waals surface area contributed by atoms with E-state index in [0.717, 1.165) is 37.4 Å². The van der Waals surface area contributed by atoms with Crippen LogP contribution in [0.15, 0.2) is 48.5 Å². The van der Waals surface area contributed by atoms with Crippen LogP contribution in [0.5, 0.6) is 5.75 Å². The number of hydrogen-bond donors (Lipinski definition) is 1. The third kappa shape index (κ3) is 4.01. The Kier molecular flexibility index (Phi) is 4.96. The van der Waals surface area contributed by atoms with Crippen LogP contribution in [-0.4, -0.2) is 19.3 Å². The van der Waals surface area contributed by atoms with Crippen molar-refractivity contribution in [2.24, 2.45) is 0 Å². The van der Waals surface area contributed by atoms with E-state index in [1.807, 2.05) is 18.2 Å². The molecule has 1 fully saturated rings. The van der Waals surface area contributed by atoms with Gasteiger partial charge >= 0.3 is 0 Å². The number of nitrogens with one attached hydrogen (secondary N) is 1. The molecule has 0 aromatic heterocycles. The monoisotopic (exact) mass is 297 g/mol. The number of aryl methyl sites for hydroxylation is 1. The molecule has 0 spiro atoms. The lowest BCUT2D eigenvalue weighted by molar-refractivity contribution is 0.0682. The molecule has 1 N–H and O–H groups in total. The average molecular weight is 297 g/mol. The fourth-order valence-electron chi connectivity index (χ4n) is 2.60. The molecule has 3 nitrogen and oxygen atoms in total. The smallest absolute Gasteiger partial charge is 0.142 e. The largest absolute Gasteiger partial charge is 0.489 e. The number of benzene rings is 2. The zero-order valence-electron chi connectivity index (χ0n) is 13.0. The van der Waals surface area contributed by atoms with Gasteiger partial charge in [-0.15, -0.1) is 0 Å². The molecule has 1 aliphatic rings. The lowest BCUT2D eigenvalue weighted by Gasteiger charge is -2.15. The quantitative estimate of drug-likeness (QED) is 0.868. The second-order valence-corrected chi connectivity index (χ2v) is 5.78. The van der Waals surface area contributed by atoms with Crippen LogP contribution in [-0.2, 0) is 11.3 Å². The van der Waals surface area contributed by atoms with Crippen LogP contribution in [0.1, 0.15) is 24.0 Å². The van der Waals surface area contributed by atoms with Crippen molar-refractivity contribution in [3.8, 4) is 5.75 Å². The first-order valence-electron chi connectivity index (χ1n) is 7.94. The molecule has 1 unspecified atom stereocenters. The molecule has 1 atom stereocenters. The topological polar surface area (TPSA) is 30.5 Å². The summed E-state index contributed by atoms with van der Waals surface area (Å²) in [6.45, 7) is 4.39. The molecular formula is C19H23NO2. The maximum atomic E-state index is 5.94. The first kappa shape index (κ1) is 14.9. The predicted octanol–water partition coefficient (Wildman–Crippen LogP) is 4.16. The summed E-state index contributed by atoms with van der Waals surface area (Å²) in [5.41, 5.74) is 3.57. The van der Waals surface area contributed by atoms with Gasteiger partial charge < -0.3 is 14.8 Å². The third-order valence-corrected chi connectivity index (χ3v) is 3.94. The molecule has 0 aliphatic carbocycles. The van der Waals surface area contributed by atoms with E-state index >= 15 is 0 Å². The second-order valence-electron chi connectivity index (χ2n) is 5.78. The van der Waals surface area contributed by atoms with E-state index in [1.165, 1.54) is 11.1 Å². The Labute approximate surface area is 132 Å². The molecule has 0 radical (unpaired) electrons. The van der Waals surface area contributed by atoms with E-state index < -0.39 is 0 Å². The SMILES string of the molecule is Cc1ccc(CNc2ccccc2OCC2CCCO2)cc1. The zero-order chi connectivity index (χ0) is 15.2. The van der Waals surface area contributed by atoms with Crippen molar-refractivity contribution >= 4 is 5.69 Å². The van der Waals surface area contributed by atoms with Crippen LogP contribution in [0.3, 0.4) is 0 Å². The maximum absolute atomic E-state index is 5.94. The normalized spacial score (nSPS) is 17.4. The van der Waals surface area contributed by atoms with E-state index in [1.54, 1.807) is 0 Å². The van der Waals surface area contributed by atoms with Crippen molar-refractivity contribution in [1.82, 2.24) is 0 Å². The van der Waals surface area contributed by atoms with Crippen LogP contribution in [0.2, 0.25) is 0 Å². The van der Waals surface area contributed by atoms with Crippen LogP contribution >= 0.6 is 0 Å². The number of ether oxygens (including phenoxy) is 2. The molecular weight excluding hydrogens is 274 g/mol. The van der Waals surface area contributed by atoms with Gasteiger partial charge in [-0.2, -0.15) is 0 Å². The summed E-state index contributed by atoms with van der Waals surface area (Å²) in [6.07, 6.45) is 2.48. The first-order valence-corrected chi connectivity index (χ1v) is 7.94. The van der Waals surface area contributed by atoms with Crippen LogP contribution < -0.4 is 10.1 Å². The van der Waals surface area contributed by atoms with E-state index in [9.17, 15) is 0 Å². The molecule has 1 saturated heterocycles. The van der Waals surface area contributed by atoms with Crippen LogP contribution in [0.25, 0.3) is 0 Å². The summed E-state index contributed by atoms with van der Waals surface area (Å²) in [6, 6.07) is 16.7. The minimum absolute atomic E-state index is 0.241. The van der Waals surface area contributed by atoms with Crippen LogP contribution in [0, 0.1) is 6.92 Å². The van der Waals surface area contributed by atoms with Crippen molar-refractivity contribution in [1.29, 1.82) is 0 Å². The molecule has 3 rings (SSSR count). The Morgan fingerprint density at radius 2 is 1.95 bits per heavy atom. The maximum Gasteiger partial charge on any atom is 0.142 e. The predicted molar refractivity (Wildman–Crippen MR) is 89.4 cm³/mol. The zero-order valence-corrected chi connectivity index (χ0v) is 13.0. The number of para-hydroxylation sites is 2. The second kappa shape index (κ2) is 7.32. The fraction of sp³-hybridized carbons (Fsp3) is 0.368. The van der Waals surface area contributed by atoms with Gasteiger partial charge in [-0.3, -0.25) is 0 Å². The molecule has 2 aromatic carbocycles. The van der Waals surface area contributed by atoms with Gasteiger partial charge in [-0.1, -0.05) is 42.0 Å². The molecule has 22 heavy (non-hydrogen) atoms. The lowest BCUT2D eigenvalue weighted by Crippen LogP contribution is -2.16. The molecule has 0 amide bonds. The summed E-state index contributed by atoms with van der Waals surface area (Å²) in [5.74, 6) is 0.894. The summed E-state index contributed by atoms with van der Waals surface area (Å²) in [7, 11) is 0. The van der Waals surface area contributed by atoms with Gasteiger partial charge in [-0.05, 0) is 37.5 Å². The van der Waals surface area contributed by atoms with Gasteiger partial charge in [0.1, 0.15) is 12.4 Å². The molecule has 1 aliphatic heterocycles. The summed E-state index contributed by atoms with van der Waals surface area (Å²) >= 11 is 0. The third-order valence-electron chi connectivity index (χ3n) is 3.94. The first-order chi connectivity index (χ1) is 10.8.